The van der Waals surface area contributed by atoms with Crippen LogP contribution in [0.3, 0.4) is 0 Å². The first kappa shape index (κ1) is 23.8. The van der Waals surface area contributed by atoms with E-state index in [0.29, 0.717) is 23.2 Å². The van der Waals surface area contributed by atoms with E-state index in [-0.39, 0.29) is 18.8 Å². The highest BCUT2D eigenvalue weighted by atomic mass is 16.6. The van der Waals surface area contributed by atoms with E-state index in [1.54, 1.807) is 40.0 Å². The predicted molar refractivity (Wildman–Crippen MR) is 117 cm³/mol. The molecular weight excluding hydrogens is 400 g/mol. The van der Waals surface area contributed by atoms with E-state index in [4.69, 9.17) is 15.2 Å². The first-order valence-corrected chi connectivity index (χ1v) is 9.97. The van der Waals surface area contributed by atoms with E-state index in [1.165, 1.54) is 0 Å². The summed E-state index contributed by atoms with van der Waals surface area (Å²) < 4.78 is 10.6. The molecule has 9 heteroatoms. The highest BCUT2D eigenvalue weighted by Crippen LogP contribution is 2.24. The number of methoxy groups -OCH3 is 1. The lowest BCUT2D eigenvalue weighted by atomic mass is 10.0. The predicted octanol–water partition coefficient (Wildman–Crippen LogP) is 2.37. The number of rotatable bonds is 9. The molecule has 0 atom stereocenters. The van der Waals surface area contributed by atoms with Gasteiger partial charge in [-0.25, -0.2) is 4.79 Å². The second kappa shape index (κ2) is 10.0. The topological polar surface area (TPSA) is 136 Å². The van der Waals surface area contributed by atoms with Crippen molar-refractivity contribution in [3.63, 3.8) is 0 Å². The number of anilines is 1. The summed E-state index contributed by atoms with van der Waals surface area (Å²) >= 11 is 0. The SMILES string of the molecule is CCc1c(C(=O)OC(C)(C)C)[nH]c(CNc2ccc(OC)cc2)c1C(=O)NCC(N)=O. The highest BCUT2D eigenvalue weighted by molar-refractivity contribution is 6.02. The van der Waals surface area contributed by atoms with Crippen LogP contribution < -0.4 is 21.1 Å². The minimum atomic E-state index is -0.691. The van der Waals surface area contributed by atoms with Crippen LogP contribution in [0.5, 0.6) is 5.75 Å². The van der Waals surface area contributed by atoms with Gasteiger partial charge < -0.3 is 30.8 Å². The van der Waals surface area contributed by atoms with Gasteiger partial charge in [0.2, 0.25) is 5.91 Å². The van der Waals surface area contributed by atoms with Gasteiger partial charge in [-0.1, -0.05) is 6.92 Å². The molecular formula is C22H30N4O5. The summed E-state index contributed by atoms with van der Waals surface area (Å²) in [6, 6.07) is 7.29. The van der Waals surface area contributed by atoms with Crippen LogP contribution in [0.4, 0.5) is 5.69 Å². The Morgan fingerprint density at radius 1 is 1.13 bits per heavy atom. The van der Waals surface area contributed by atoms with Gasteiger partial charge in [0.1, 0.15) is 17.0 Å². The Morgan fingerprint density at radius 2 is 1.77 bits per heavy atom. The molecule has 0 aliphatic heterocycles. The van der Waals surface area contributed by atoms with Gasteiger partial charge in [0.15, 0.2) is 0 Å². The zero-order valence-electron chi connectivity index (χ0n) is 18.5. The van der Waals surface area contributed by atoms with Gasteiger partial charge in [-0.15, -0.1) is 0 Å². The monoisotopic (exact) mass is 430 g/mol. The van der Waals surface area contributed by atoms with Crippen molar-refractivity contribution < 1.29 is 23.9 Å². The minimum absolute atomic E-state index is 0.216. The fourth-order valence-electron chi connectivity index (χ4n) is 3.01. The number of aromatic amines is 1. The third kappa shape index (κ3) is 6.50. The Labute approximate surface area is 181 Å². The molecule has 5 N–H and O–H groups in total. The fraction of sp³-hybridized carbons (Fsp3) is 0.409. The molecule has 2 aromatic rings. The molecule has 0 saturated heterocycles. The number of hydrogen-bond donors (Lipinski definition) is 4. The van der Waals surface area contributed by atoms with Crippen molar-refractivity contribution in [2.75, 3.05) is 19.0 Å². The van der Waals surface area contributed by atoms with Gasteiger partial charge in [0.05, 0.1) is 25.8 Å². The van der Waals surface area contributed by atoms with Crippen molar-refractivity contribution in [2.24, 2.45) is 5.73 Å². The number of H-pyrrole nitrogens is 1. The average molecular weight is 431 g/mol. The number of amides is 2. The van der Waals surface area contributed by atoms with E-state index in [1.807, 2.05) is 19.1 Å². The summed E-state index contributed by atoms with van der Waals surface area (Å²) in [6.45, 7) is 7.08. The van der Waals surface area contributed by atoms with Crippen molar-refractivity contribution in [2.45, 2.75) is 46.3 Å². The number of hydrogen-bond acceptors (Lipinski definition) is 6. The summed E-state index contributed by atoms with van der Waals surface area (Å²) in [5.74, 6) is -0.984. The molecule has 0 fully saturated rings. The summed E-state index contributed by atoms with van der Waals surface area (Å²) in [5, 5.41) is 5.71. The van der Waals surface area contributed by atoms with Crippen LogP contribution in [0.1, 0.15) is 59.8 Å². The van der Waals surface area contributed by atoms with Crippen LogP contribution in [0.25, 0.3) is 0 Å². The van der Waals surface area contributed by atoms with Crippen molar-refractivity contribution >= 4 is 23.5 Å². The minimum Gasteiger partial charge on any atom is -0.497 e. The lowest BCUT2D eigenvalue weighted by Crippen LogP contribution is -2.34. The lowest BCUT2D eigenvalue weighted by molar-refractivity contribution is -0.117. The molecule has 31 heavy (non-hydrogen) atoms. The normalized spacial score (nSPS) is 11.0. The molecule has 168 valence electrons. The van der Waals surface area contributed by atoms with Crippen molar-refractivity contribution in [3.05, 3.63) is 46.8 Å². The molecule has 9 nitrogen and oxygen atoms in total. The van der Waals surface area contributed by atoms with E-state index in [0.717, 1.165) is 11.4 Å². The third-order valence-corrected chi connectivity index (χ3v) is 4.35. The maximum Gasteiger partial charge on any atom is 0.355 e. The van der Waals surface area contributed by atoms with E-state index in [2.05, 4.69) is 15.6 Å². The summed E-state index contributed by atoms with van der Waals surface area (Å²) in [4.78, 5) is 39.7. The second-order valence-electron chi connectivity index (χ2n) is 7.92. The molecule has 1 aromatic heterocycles. The Morgan fingerprint density at radius 3 is 2.29 bits per heavy atom. The molecule has 0 unspecified atom stereocenters. The van der Waals surface area contributed by atoms with Crippen molar-refractivity contribution in [1.29, 1.82) is 0 Å². The van der Waals surface area contributed by atoms with Crippen LogP contribution in [0.2, 0.25) is 0 Å². The van der Waals surface area contributed by atoms with Crippen LogP contribution >= 0.6 is 0 Å². The third-order valence-electron chi connectivity index (χ3n) is 4.35. The second-order valence-corrected chi connectivity index (χ2v) is 7.92. The number of ether oxygens (including phenoxy) is 2. The highest BCUT2D eigenvalue weighted by Gasteiger charge is 2.28. The van der Waals surface area contributed by atoms with Crippen molar-refractivity contribution in [1.82, 2.24) is 10.3 Å². The van der Waals surface area contributed by atoms with Gasteiger partial charge in [-0.2, -0.15) is 0 Å². The maximum atomic E-state index is 12.8. The Bertz CT molecular complexity index is 942. The molecule has 0 saturated carbocycles. The summed E-state index contributed by atoms with van der Waals surface area (Å²) in [5.41, 5.74) is 6.79. The molecule has 0 radical (unpaired) electrons. The van der Waals surface area contributed by atoms with Gasteiger partial charge in [-0.3, -0.25) is 9.59 Å². The number of carbonyl (C=O) groups excluding carboxylic acids is 3. The van der Waals surface area contributed by atoms with Crippen LogP contribution in [-0.2, 0) is 22.5 Å². The smallest absolute Gasteiger partial charge is 0.355 e. The number of carbonyl (C=O) groups is 3. The Hall–Kier alpha value is -3.49. The molecule has 0 aliphatic rings. The van der Waals surface area contributed by atoms with Crippen LogP contribution in [0.15, 0.2) is 24.3 Å². The standard InChI is InChI=1S/C22H30N4O5/c1-6-15-18(20(28)25-12-17(23)27)16(26-19(15)21(29)31-22(2,3)4)11-24-13-7-9-14(30-5)10-8-13/h7-10,24,26H,6,11-12H2,1-5H3,(H2,23,27)(H,25,28). The average Bonchev–Trinajstić information content (AvgIpc) is 3.08. The van der Waals surface area contributed by atoms with Gasteiger partial charge >= 0.3 is 5.97 Å². The molecule has 1 aromatic carbocycles. The fourth-order valence-corrected chi connectivity index (χ4v) is 3.01. The zero-order chi connectivity index (χ0) is 23.2. The Kier molecular flexibility index (Phi) is 7.68. The number of nitrogens with two attached hydrogens (primary N) is 1. The molecule has 0 bridgehead atoms. The van der Waals surface area contributed by atoms with Crippen molar-refractivity contribution in [3.8, 4) is 5.75 Å². The quantitative estimate of drug-likeness (QED) is 0.451. The molecule has 0 aliphatic carbocycles. The van der Waals surface area contributed by atoms with E-state index in [9.17, 15) is 14.4 Å². The van der Waals surface area contributed by atoms with Crippen LogP contribution in [0, 0.1) is 0 Å². The van der Waals surface area contributed by atoms with Gasteiger partial charge in [0.25, 0.3) is 5.91 Å². The molecule has 1 heterocycles. The largest absolute Gasteiger partial charge is 0.497 e. The Balaban J connectivity index is 2.38. The molecule has 0 spiro atoms. The van der Waals surface area contributed by atoms with Gasteiger partial charge in [-0.05, 0) is 57.0 Å². The van der Waals surface area contributed by atoms with E-state index >= 15 is 0 Å². The number of benzene rings is 1. The first-order chi connectivity index (χ1) is 14.6. The number of esters is 1. The van der Waals surface area contributed by atoms with E-state index < -0.39 is 23.4 Å². The van der Waals surface area contributed by atoms with Gasteiger partial charge in [0, 0.05) is 11.4 Å². The lowest BCUT2D eigenvalue weighted by Gasteiger charge is -2.19. The zero-order valence-corrected chi connectivity index (χ0v) is 18.5. The number of nitrogens with one attached hydrogen (secondary N) is 3. The first-order valence-electron chi connectivity index (χ1n) is 9.97. The number of primary amides is 1. The van der Waals surface area contributed by atoms with Crippen LogP contribution in [-0.4, -0.2) is 42.0 Å². The molecule has 2 amide bonds. The maximum absolute atomic E-state index is 12.8. The summed E-state index contributed by atoms with van der Waals surface area (Å²) in [7, 11) is 1.59. The molecule has 2 rings (SSSR count). The summed E-state index contributed by atoms with van der Waals surface area (Å²) in [6.07, 6.45) is 0.410. The number of aromatic nitrogens is 1.